The second-order valence-electron chi connectivity index (χ2n) is 4.99. The van der Waals surface area contributed by atoms with Crippen molar-refractivity contribution in [3.05, 3.63) is 41.3 Å². The van der Waals surface area contributed by atoms with Gasteiger partial charge in [0.2, 0.25) is 0 Å². The SMILES string of the molecule is CCCn1nc(C)c(N)c1NC(C)c1cccc(F)c1. The maximum atomic E-state index is 13.3. The predicted molar refractivity (Wildman–Crippen MR) is 80.1 cm³/mol. The number of nitrogens with two attached hydrogens (primary N) is 1. The Hall–Kier alpha value is -2.04. The molecule has 2 rings (SSSR count). The van der Waals surface area contributed by atoms with E-state index in [-0.39, 0.29) is 11.9 Å². The van der Waals surface area contributed by atoms with Crippen molar-refractivity contribution in [1.82, 2.24) is 9.78 Å². The van der Waals surface area contributed by atoms with Crippen LogP contribution in [-0.2, 0) is 6.54 Å². The largest absolute Gasteiger partial charge is 0.394 e. The van der Waals surface area contributed by atoms with E-state index >= 15 is 0 Å². The van der Waals surface area contributed by atoms with Crippen LogP contribution < -0.4 is 11.1 Å². The number of anilines is 2. The molecule has 108 valence electrons. The van der Waals surface area contributed by atoms with Gasteiger partial charge in [-0.2, -0.15) is 5.10 Å². The van der Waals surface area contributed by atoms with Gasteiger partial charge in [0.15, 0.2) is 0 Å². The molecule has 0 saturated heterocycles. The molecular formula is C15H21FN4. The minimum atomic E-state index is -0.234. The Morgan fingerprint density at radius 1 is 1.45 bits per heavy atom. The van der Waals surface area contributed by atoms with Crippen LogP contribution in [-0.4, -0.2) is 9.78 Å². The Bertz CT molecular complexity index is 592. The first-order valence-corrected chi connectivity index (χ1v) is 6.87. The molecule has 0 bridgehead atoms. The molecule has 0 aliphatic heterocycles. The van der Waals surface area contributed by atoms with Gasteiger partial charge in [0, 0.05) is 6.54 Å². The number of nitrogen functional groups attached to an aromatic ring is 1. The van der Waals surface area contributed by atoms with Gasteiger partial charge >= 0.3 is 0 Å². The second kappa shape index (κ2) is 5.94. The third kappa shape index (κ3) is 2.92. The van der Waals surface area contributed by atoms with Crippen molar-refractivity contribution in [1.29, 1.82) is 0 Å². The molecule has 0 amide bonds. The first-order valence-electron chi connectivity index (χ1n) is 6.87. The number of nitrogens with zero attached hydrogens (tertiary/aromatic N) is 2. The lowest BCUT2D eigenvalue weighted by atomic mass is 10.1. The van der Waals surface area contributed by atoms with Crippen LogP contribution in [0.3, 0.4) is 0 Å². The van der Waals surface area contributed by atoms with Gasteiger partial charge in [-0.05, 0) is 38.0 Å². The van der Waals surface area contributed by atoms with Crippen LogP contribution in [0.25, 0.3) is 0 Å². The molecule has 1 heterocycles. The number of hydrogen-bond acceptors (Lipinski definition) is 3. The van der Waals surface area contributed by atoms with Crippen molar-refractivity contribution in [2.75, 3.05) is 11.1 Å². The van der Waals surface area contributed by atoms with Crippen LogP contribution in [0.4, 0.5) is 15.9 Å². The molecule has 20 heavy (non-hydrogen) atoms. The molecule has 0 aliphatic rings. The summed E-state index contributed by atoms with van der Waals surface area (Å²) in [4.78, 5) is 0. The molecule has 1 aromatic heterocycles. The Labute approximate surface area is 118 Å². The summed E-state index contributed by atoms with van der Waals surface area (Å²) in [6, 6.07) is 6.53. The van der Waals surface area contributed by atoms with E-state index in [0.717, 1.165) is 30.0 Å². The molecule has 3 N–H and O–H groups in total. The maximum Gasteiger partial charge on any atom is 0.148 e. The average Bonchev–Trinajstić information content (AvgIpc) is 2.67. The Morgan fingerprint density at radius 3 is 2.85 bits per heavy atom. The molecule has 0 spiro atoms. The maximum absolute atomic E-state index is 13.3. The van der Waals surface area contributed by atoms with E-state index in [4.69, 9.17) is 5.73 Å². The summed E-state index contributed by atoms with van der Waals surface area (Å²) in [6.07, 6.45) is 0.976. The number of rotatable bonds is 5. The van der Waals surface area contributed by atoms with Gasteiger partial charge in [0.1, 0.15) is 11.6 Å². The van der Waals surface area contributed by atoms with Crippen molar-refractivity contribution in [3.63, 3.8) is 0 Å². The van der Waals surface area contributed by atoms with Gasteiger partial charge in [-0.1, -0.05) is 19.1 Å². The first kappa shape index (κ1) is 14.4. The normalized spacial score (nSPS) is 12.4. The van der Waals surface area contributed by atoms with E-state index in [1.165, 1.54) is 12.1 Å². The molecule has 2 aromatic rings. The number of aryl methyl sites for hydroxylation is 2. The highest BCUT2D eigenvalue weighted by atomic mass is 19.1. The summed E-state index contributed by atoms with van der Waals surface area (Å²) in [5.74, 6) is 0.573. The van der Waals surface area contributed by atoms with E-state index in [2.05, 4.69) is 17.3 Å². The van der Waals surface area contributed by atoms with Gasteiger partial charge in [-0.15, -0.1) is 0 Å². The van der Waals surface area contributed by atoms with Gasteiger partial charge in [0.05, 0.1) is 17.4 Å². The predicted octanol–water partition coefficient (Wildman–Crippen LogP) is 3.50. The molecule has 0 saturated carbocycles. The van der Waals surface area contributed by atoms with Gasteiger partial charge in [0.25, 0.3) is 0 Å². The molecule has 1 unspecified atom stereocenters. The molecule has 5 heteroatoms. The summed E-state index contributed by atoms with van der Waals surface area (Å²) in [5.41, 5.74) is 8.42. The van der Waals surface area contributed by atoms with E-state index in [0.29, 0.717) is 5.69 Å². The Kier molecular flexibility index (Phi) is 4.27. The third-order valence-corrected chi connectivity index (χ3v) is 3.31. The fourth-order valence-electron chi connectivity index (χ4n) is 2.19. The Morgan fingerprint density at radius 2 is 2.20 bits per heavy atom. The fourth-order valence-corrected chi connectivity index (χ4v) is 2.19. The van der Waals surface area contributed by atoms with Crippen molar-refractivity contribution in [3.8, 4) is 0 Å². The van der Waals surface area contributed by atoms with E-state index in [1.54, 1.807) is 6.07 Å². The van der Waals surface area contributed by atoms with E-state index in [9.17, 15) is 4.39 Å². The molecule has 0 aliphatic carbocycles. The highest BCUT2D eigenvalue weighted by molar-refractivity contribution is 5.65. The van der Waals surface area contributed by atoms with Gasteiger partial charge in [-0.3, -0.25) is 0 Å². The smallest absolute Gasteiger partial charge is 0.148 e. The Balaban J connectivity index is 2.25. The zero-order chi connectivity index (χ0) is 14.7. The van der Waals surface area contributed by atoms with Crippen LogP contribution in [0.1, 0.15) is 37.6 Å². The van der Waals surface area contributed by atoms with Crippen molar-refractivity contribution in [2.45, 2.75) is 39.8 Å². The monoisotopic (exact) mass is 276 g/mol. The number of hydrogen-bond donors (Lipinski definition) is 2. The van der Waals surface area contributed by atoms with Crippen molar-refractivity contribution < 1.29 is 4.39 Å². The van der Waals surface area contributed by atoms with Gasteiger partial charge < -0.3 is 11.1 Å². The molecule has 0 fully saturated rings. The van der Waals surface area contributed by atoms with Crippen LogP contribution in [0.2, 0.25) is 0 Å². The lowest BCUT2D eigenvalue weighted by Gasteiger charge is -2.17. The highest BCUT2D eigenvalue weighted by Crippen LogP contribution is 2.27. The highest BCUT2D eigenvalue weighted by Gasteiger charge is 2.15. The summed E-state index contributed by atoms with van der Waals surface area (Å²) in [5, 5.41) is 7.76. The van der Waals surface area contributed by atoms with Crippen LogP contribution in [0.5, 0.6) is 0 Å². The topological polar surface area (TPSA) is 55.9 Å². The van der Waals surface area contributed by atoms with Crippen LogP contribution in [0, 0.1) is 12.7 Å². The molecule has 1 atom stereocenters. The van der Waals surface area contributed by atoms with E-state index < -0.39 is 0 Å². The van der Waals surface area contributed by atoms with Crippen LogP contribution in [0.15, 0.2) is 24.3 Å². The number of aromatic nitrogens is 2. The van der Waals surface area contributed by atoms with Crippen molar-refractivity contribution in [2.24, 2.45) is 0 Å². The lowest BCUT2D eigenvalue weighted by molar-refractivity contribution is 0.598. The molecule has 1 aromatic carbocycles. The number of halogens is 1. The summed E-state index contributed by atoms with van der Waals surface area (Å²) in [6.45, 7) is 6.76. The van der Waals surface area contributed by atoms with Crippen molar-refractivity contribution >= 4 is 11.5 Å². The summed E-state index contributed by atoms with van der Waals surface area (Å²) >= 11 is 0. The van der Waals surface area contributed by atoms with Gasteiger partial charge in [-0.25, -0.2) is 9.07 Å². The quantitative estimate of drug-likeness (QED) is 0.878. The average molecular weight is 276 g/mol. The standard InChI is InChI=1S/C15H21FN4/c1-4-8-20-15(14(17)11(3)19-20)18-10(2)12-6-5-7-13(16)9-12/h5-7,9-10,18H,4,8,17H2,1-3H3. The zero-order valence-corrected chi connectivity index (χ0v) is 12.2. The molecular weight excluding hydrogens is 255 g/mol. The zero-order valence-electron chi connectivity index (χ0n) is 12.2. The van der Waals surface area contributed by atoms with E-state index in [1.807, 2.05) is 24.6 Å². The second-order valence-corrected chi connectivity index (χ2v) is 4.99. The minimum Gasteiger partial charge on any atom is -0.394 e. The number of benzene rings is 1. The fraction of sp³-hybridized carbons (Fsp3) is 0.400. The molecule has 0 radical (unpaired) electrons. The first-order chi connectivity index (χ1) is 9.52. The lowest BCUT2D eigenvalue weighted by Crippen LogP contribution is -2.13. The summed E-state index contributed by atoms with van der Waals surface area (Å²) in [7, 11) is 0. The van der Waals surface area contributed by atoms with Crippen LogP contribution >= 0.6 is 0 Å². The molecule has 4 nitrogen and oxygen atoms in total. The summed E-state index contributed by atoms with van der Waals surface area (Å²) < 4.78 is 15.2. The third-order valence-electron chi connectivity index (χ3n) is 3.31. The minimum absolute atomic E-state index is 0.0419. The number of nitrogens with one attached hydrogen (secondary N) is 1.